The first kappa shape index (κ1) is 14.1. The molecule has 114 valence electrons. The molecule has 0 spiro atoms. The van der Waals surface area contributed by atoms with Gasteiger partial charge in [0, 0.05) is 12.2 Å². The minimum absolute atomic E-state index is 0.0695. The Morgan fingerprint density at radius 3 is 2.71 bits per heavy atom. The smallest absolute Gasteiger partial charge is 0.267 e. The predicted molar refractivity (Wildman–Crippen MR) is 76.3 cm³/mol. The maximum absolute atomic E-state index is 12.3. The van der Waals surface area contributed by atoms with Gasteiger partial charge in [0.1, 0.15) is 11.2 Å². The highest BCUT2D eigenvalue weighted by Gasteiger charge is 2.24. The summed E-state index contributed by atoms with van der Waals surface area (Å²) in [6.45, 7) is 3.88. The summed E-state index contributed by atoms with van der Waals surface area (Å²) in [4.78, 5) is 4.09. The Morgan fingerprint density at radius 2 is 2.14 bits per heavy atom. The molecule has 2 aromatic rings. The third-order valence-electron chi connectivity index (χ3n) is 3.60. The van der Waals surface area contributed by atoms with Crippen molar-refractivity contribution in [2.75, 3.05) is 4.72 Å². The second-order valence-corrected chi connectivity index (χ2v) is 7.17. The van der Waals surface area contributed by atoms with E-state index >= 15 is 0 Å². The summed E-state index contributed by atoms with van der Waals surface area (Å²) in [5.74, 6) is 0.0695. The van der Waals surface area contributed by atoms with E-state index in [0.717, 1.165) is 12.8 Å². The molecule has 1 aliphatic carbocycles. The quantitative estimate of drug-likeness (QED) is 0.904. The van der Waals surface area contributed by atoms with Gasteiger partial charge in [-0.2, -0.15) is 10.1 Å². The monoisotopic (exact) mass is 310 g/mol. The second-order valence-electron chi connectivity index (χ2n) is 5.49. The van der Waals surface area contributed by atoms with Crippen LogP contribution in [0.5, 0.6) is 0 Å². The SMILES string of the molecule is CC(C)n1cnc(NS(=O)(=O)c2cnn(C3CCC3)c2)n1. The van der Waals surface area contributed by atoms with Crippen LogP contribution in [0.15, 0.2) is 23.6 Å². The molecule has 3 rings (SSSR count). The van der Waals surface area contributed by atoms with Crippen LogP contribution in [0.1, 0.15) is 45.2 Å². The first-order chi connectivity index (χ1) is 9.95. The normalized spacial score (nSPS) is 16.1. The summed E-state index contributed by atoms with van der Waals surface area (Å²) in [5, 5.41) is 8.21. The Kier molecular flexibility index (Phi) is 3.44. The summed E-state index contributed by atoms with van der Waals surface area (Å²) in [6.07, 6.45) is 7.69. The van der Waals surface area contributed by atoms with E-state index < -0.39 is 10.0 Å². The van der Waals surface area contributed by atoms with Gasteiger partial charge in [-0.15, -0.1) is 5.10 Å². The Bertz CT molecular complexity index is 729. The van der Waals surface area contributed by atoms with Crippen molar-refractivity contribution >= 4 is 16.0 Å². The van der Waals surface area contributed by atoms with Gasteiger partial charge >= 0.3 is 0 Å². The molecule has 0 unspecified atom stereocenters. The topological polar surface area (TPSA) is 94.7 Å². The average molecular weight is 310 g/mol. The Balaban J connectivity index is 1.77. The maximum Gasteiger partial charge on any atom is 0.267 e. The highest BCUT2D eigenvalue weighted by atomic mass is 32.2. The fourth-order valence-corrected chi connectivity index (χ4v) is 2.94. The molecule has 0 radical (unpaired) electrons. The van der Waals surface area contributed by atoms with E-state index in [2.05, 4.69) is 19.9 Å². The lowest BCUT2D eigenvalue weighted by atomic mass is 9.93. The molecule has 2 aromatic heterocycles. The van der Waals surface area contributed by atoms with Crippen molar-refractivity contribution < 1.29 is 8.42 Å². The van der Waals surface area contributed by atoms with Gasteiger partial charge in [-0.05, 0) is 33.1 Å². The number of anilines is 1. The third-order valence-corrected chi connectivity index (χ3v) is 4.88. The number of aromatic nitrogens is 5. The van der Waals surface area contributed by atoms with Crippen molar-refractivity contribution in [3.05, 3.63) is 18.7 Å². The van der Waals surface area contributed by atoms with Crippen LogP contribution < -0.4 is 4.72 Å². The predicted octanol–water partition coefficient (Wildman–Crippen LogP) is 1.58. The molecule has 0 aromatic carbocycles. The lowest BCUT2D eigenvalue weighted by Gasteiger charge is -2.25. The van der Waals surface area contributed by atoms with E-state index in [0.29, 0.717) is 6.04 Å². The largest absolute Gasteiger partial charge is 0.268 e. The molecular formula is C12H18N6O2S. The van der Waals surface area contributed by atoms with E-state index in [1.165, 1.54) is 18.9 Å². The van der Waals surface area contributed by atoms with Crippen molar-refractivity contribution in [3.63, 3.8) is 0 Å². The third kappa shape index (κ3) is 2.78. The zero-order valence-electron chi connectivity index (χ0n) is 12.0. The molecule has 0 bridgehead atoms. The van der Waals surface area contributed by atoms with Crippen LogP contribution in [-0.2, 0) is 10.0 Å². The molecule has 1 aliphatic rings. The maximum atomic E-state index is 12.3. The molecule has 9 heteroatoms. The number of hydrogen-bond acceptors (Lipinski definition) is 5. The zero-order valence-corrected chi connectivity index (χ0v) is 12.8. The zero-order chi connectivity index (χ0) is 15.0. The van der Waals surface area contributed by atoms with E-state index in [4.69, 9.17) is 0 Å². The molecule has 1 saturated carbocycles. The molecule has 2 heterocycles. The van der Waals surface area contributed by atoms with E-state index in [9.17, 15) is 8.42 Å². The number of nitrogens with zero attached hydrogens (tertiary/aromatic N) is 5. The minimum atomic E-state index is -3.69. The van der Waals surface area contributed by atoms with Gasteiger partial charge in [0.05, 0.1) is 12.2 Å². The number of rotatable bonds is 5. The van der Waals surface area contributed by atoms with Crippen molar-refractivity contribution in [3.8, 4) is 0 Å². The highest BCUT2D eigenvalue weighted by molar-refractivity contribution is 7.92. The molecule has 0 aliphatic heterocycles. The molecule has 1 fully saturated rings. The summed E-state index contributed by atoms with van der Waals surface area (Å²) in [6, 6.07) is 0.448. The van der Waals surface area contributed by atoms with Gasteiger partial charge in [0.15, 0.2) is 0 Å². The minimum Gasteiger partial charge on any atom is -0.268 e. The molecular weight excluding hydrogens is 292 g/mol. The van der Waals surface area contributed by atoms with Crippen LogP contribution >= 0.6 is 0 Å². The molecule has 1 N–H and O–H groups in total. The van der Waals surface area contributed by atoms with Crippen molar-refractivity contribution in [1.29, 1.82) is 0 Å². The Hall–Kier alpha value is -1.90. The van der Waals surface area contributed by atoms with Gasteiger partial charge in [-0.3, -0.25) is 4.68 Å². The summed E-state index contributed by atoms with van der Waals surface area (Å²) in [5.41, 5.74) is 0. The van der Waals surface area contributed by atoms with Crippen LogP contribution in [0.3, 0.4) is 0 Å². The lowest BCUT2D eigenvalue weighted by molar-refractivity contribution is 0.289. The van der Waals surface area contributed by atoms with E-state index in [-0.39, 0.29) is 16.9 Å². The Labute approximate surface area is 123 Å². The van der Waals surface area contributed by atoms with Crippen molar-refractivity contribution in [2.24, 2.45) is 0 Å². The number of nitrogens with one attached hydrogen (secondary N) is 1. The van der Waals surface area contributed by atoms with Crippen LogP contribution in [-0.4, -0.2) is 33.0 Å². The van der Waals surface area contributed by atoms with Gasteiger partial charge in [-0.1, -0.05) is 0 Å². The van der Waals surface area contributed by atoms with Crippen LogP contribution in [0.2, 0.25) is 0 Å². The van der Waals surface area contributed by atoms with E-state index in [1.807, 2.05) is 13.8 Å². The average Bonchev–Trinajstić information content (AvgIpc) is 2.95. The van der Waals surface area contributed by atoms with Gasteiger partial charge < -0.3 is 0 Å². The molecule has 8 nitrogen and oxygen atoms in total. The van der Waals surface area contributed by atoms with Crippen LogP contribution in [0, 0.1) is 0 Å². The van der Waals surface area contributed by atoms with Gasteiger partial charge in [0.25, 0.3) is 16.0 Å². The van der Waals surface area contributed by atoms with Gasteiger partial charge in [-0.25, -0.2) is 17.8 Å². The first-order valence-corrected chi connectivity index (χ1v) is 8.42. The summed E-state index contributed by atoms with van der Waals surface area (Å²) in [7, 11) is -3.69. The number of hydrogen-bond donors (Lipinski definition) is 1. The van der Waals surface area contributed by atoms with Crippen LogP contribution in [0.4, 0.5) is 5.95 Å². The molecule has 0 atom stereocenters. The molecule has 0 amide bonds. The fourth-order valence-electron chi connectivity index (χ4n) is 2.06. The van der Waals surface area contributed by atoms with Crippen LogP contribution in [0.25, 0.3) is 0 Å². The molecule has 21 heavy (non-hydrogen) atoms. The lowest BCUT2D eigenvalue weighted by Crippen LogP contribution is -2.17. The summed E-state index contributed by atoms with van der Waals surface area (Å²) >= 11 is 0. The van der Waals surface area contributed by atoms with Gasteiger partial charge in [0.2, 0.25) is 0 Å². The standard InChI is InChI=1S/C12H18N6O2S/c1-9(2)18-8-13-12(15-18)16-21(19,20)11-6-14-17(7-11)10-4-3-5-10/h6-10H,3-5H2,1-2H3,(H,15,16). The highest BCUT2D eigenvalue weighted by Crippen LogP contribution is 2.31. The van der Waals surface area contributed by atoms with E-state index in [1.54, 1.807) is 15.6 Å². The Morgan fingerprint density at radius 1 is 1.38 bits per heavy atom. The van der Waals surface area contributed by atoms with Crippen molar-refractivity contribution in [1.82, 2.24) is 24.5 Å². The number of sulfonamides is 1. The summed E-state index contributed by atoms with van der Waals surface area (Å²) < 4.78 is 30.2. The van der Waals surface area contributed by atoms with Crippen molar-refractivity contribution in [2.45, 2.75) is 50.1 Å². The second kappa shape index (κ2) is 5.14. The fraction of sp³-hybridized carbons (Fsp3) is 0.583. The first-order valence-electron chi connectivity index (χ1n) is 6.94. The molecule has 0 saturated heterocycles.